The molecular formula is C10H11NO4. The highest BCUT2D eigenvalue weighted by atomic mass is 16.5. The molecular weight excluding hydrogens is 198 g/mol. The normalized spacial score (nSPS) is 11.8. The molecule has 0 saturated heterocycles. The van der Waals surface area contributed by atoms with Gasteiger partial charge in [-0.3, -0.25) is 0 Å². The summed E-state index contributed by atoms with van der Waals surface area (Å²) in [5, 5.41) is 8.42. The van der Waals surface area contributed by atoms with Gasteiger partial charge in [0, 0.05) is 0 Å². The minimum absolute atomic E-state index is 0.0284. The van der Waals surface area contributed by atoms with Crippen LogP contribution in [0.5, 0.6) is 0 Å². The average Bonchev–Trinajstić information content (AvgIpc) is 2.26. The van der Waals surface area contributed by atoms with Gasteiger partial charge in [-0.05, 0) is 5.56 Å². The number of carbonyl (C=O) groups excluding carboxylic acids is 1. The lowest BCUT2D eigenvalue weighted by Gasteiger charge is -2.07. The SMILES string of the molecule is NC(C(=O)O)C(=O)OCc1ccccc1. The van der Waals surface area contributed by atoms with Gasteiger partial charge < -0.3 is 15.6 Å². The van der Waals surface area contributed by atoms with Crippen LogP contribution in [0.15, 0.2) is 30.3 Å². The lowest BCUT2D eigenvalue weighted by atomic mass is 10.2. The molecule has 1 aromatic carbocycles. The van der Waals surface area contributed by atoms with Gasteiger partial charge in [0.25, 0.3) is 0 Å². The number of benzene rings is 1. The second-order valence-electron chi connectivity index (χ2n) is 2.91. The predicted molar refractivity (Wildman–Crippen MR) is 51.8 cm³/mol. The maximum Gasteiger partial charge on any atom is 0.334 e. The summed E-state index contributed by atoms with van der Waals surface area (Å²) in [6.45, 7) is 0.0284. The lowest BCUT2D eigenvalue weighted by molar-refractivity contribution is -0.154. The number of hydrogen-bond donors (Lipinski definition) is 2. The Kier molecular flexibility index (Phi) is 3.82. The summed E-state index contributed by atoms with van der Waals surface area (Å²) < 4.78 is 4.71. The number of aliphatic carboxylic acids is 1. The summed E-state index contributed by atoms with van der Waals surface area (Å²) in [5.41, 5.74) is 5.83. The summed E-state index contributed by atoms with van der Waals surface area (Å²) in [6.07, 6.45) is 0. The first-order valence-corrected chi connectivity index (χ1v) is 4.30. The average molecular weight is 209 g/mol. The van der Waals surface area contributed by atoms with Crippen LogP contribution in [0.1, 0.15) is 5.56 Å². The van der Waals surface area contributed by atoms with E-state index < -0.39 is 18.0 Å². The molecule has 0 aliphatic rings. The zero-order valence-corrected chi connectivity index (χ0v) is 7.92. The quantitative estimate of drug-likeness (QED) is 0.544. The Bertz CT molecular complexity index is 350. The number of rotatable bonds is 4. The number of ether oxygens (including phenoxy) is 1. The van der Waals surface area contributed by atoms with Crippen LogP contribution in [0.2, 0.25) is 0 Å². The summed E-state index contributed by atoms with van der Waals surface area (Å²) in [6, 6.07) is 7.32. The van der Waals surface area contributed by atoms with E-state index >= 15 is 0 Å². The molecule has 15 heavy (non-hydrogen) atoms. The molecule has 1 unspecified atom stereocenters. The van der Waals surface area contributed by atoms with E-state index in [2.05, 4.69) is 0 Å². The highest BCUT2D eigenvalue weighted by Gasteiger charge is 2.22. The van der Waals surface area contributed by atoms with Gasteiger partial charge in [0.2, 0.25) is 6.04 Å². The first-order valence-electron chi connectivity index (χ1n) is 4.30. The van der Waals surface area contributed by atoms with Crippen molar-refractivity contribution in [2.45, 2.75) is 12.6 Å². The standard InChI is InChI=1S/C10H11NO4/c11-8(9(12)13)10(14)15-6-7-4-2-1-3-5-7/h1-5,8H,6,11H2,(H,12,13). The molecule has 1 rings (SSSR count). The van der Waals surface area contributed by atoms with Crippen LogP contribution < -0.4 is 5.73 Å². The molecule has 0 fully saturated rings. The molecule has 5 heteroatoms. The number of hydrogen-bond acceptors (Lipinski definition) is 4. The Hall–Kier alpha value is -1.88. The molecule has 0 aromatic heterocycles. The van der Waals surface area contributed by atoms with Crippen molar-refractivity contribution in [3.63, 3.8) is 0 Å². The van der Waals surface area contributed by atoms with Crippen LogP contribution >= 0.6 is 0 Å². The Morgan fingerprint density at radius 1 is 1.33 bits per heavy atom. The van der Waals surface area contributed by atoms with Crippen molar-refractivity contribution in [1.82, 2.24) is 0 Å². The molecule has 0 aliphatic carbocycles. The van der Waals surface area contributed by atoms with Gasteiger partial charge in [-0.1, -0.05) is 30.3 Å². The van der Waals surface area contributed by atoms with Crippen molar-refractivity contribution in [2.75, 3.05) is 0 Å². The molecule has 0 amide bonds. The topological polar surface area (TPSA) is 89.6 Å². The molecule has 0 saturated carbocycles. The van der Waals surface area contributed by atoms with E-state index in [0.29, 0.717) is 0 Å². The van der Waals surface area contributed by atoms with Crippen LogP contribution in [0.4, 0.5) is 0 Å². The van der Waals surface area contributed by atoms with E-state index in [-0.39, 0.29) is 6.61 Å². The van der Waals surface area contributed by atoms with Crippen LogP contribution in [-0.4, -0.2) is 23.1 Å². The molecule has 0 spiro atoms. The second kappa shape index (κ2) is 5.11. The van der Waals surface area contributed by atoms with E-state index in [1.165, 1.54) is 0 Å². The zero-order chi connectivity index (χ0) is 11.3. The maximum atomic E-state index is 11.0. The van der Waals surface area contributed by atoms with Crippen LogP contribution in [0.3, 0.4) is 0 Å². The largest absolute Gasteiger partial charge is 0.480 e. The number of nitrogens with two attached hydrogens (primary N) is 1. The molecule has 0 radical (unpaired) electrons. The third-order valence-corrected chi connectivity index (χ3v) is 1.74. The van der Waals surface area contributed by atoms with E-state index in [1.54, 1.807) is 24.3 Å². The second-order valence-corrected chi connectivity index (χ2v) is 2.91. The van der Waals surface area contributed by atoms with Gasteiger partial charge in [-0.25, -0.2) is 9.59 Å². The molecule has 0 bridgehead atoms. The summed E-state index contributed by atoms with van der Waals surface area (Å²) >= 11 is 0. The van der Waals surface area contributed by atoms with Gasteiger partial charge in [0.15, 0.2) is 0 Å². The van der Waals surface area contributed by atoms with Crippen molar-refractivity contribution in [3.05, 3.63) is 35.9 Å². The van der Waals surface area contributed by atoms with Crippen molar-refractivity contribution in [3.8, 4) is 0 Å². The van der Waals surface area contributed by atoms with Gasteiger partial charge in [0.1, 0.15) is 6.61 Å². The van der Waals surface area contributed by atoms with Crippen LogP contribution in [0, 0.1) is 0 Å². The predicted octanol–water partition coefficient (Wildman–Crippen LogP) is 0.142. The molecule has 5 nitrogen and oxygen atoms in total. The van der Waals surface area contributed by atoms with Crippen LogP contribution in [0.25, 0.3) is 0 Å². The zero-order valence-electron chi connectivity index (χ0n) is 7.92. The molecule has 1 aromatic rings. The van der Waals surface area contributed by atoms with E-state index in [9.17, 15) is 9.59 Å². The minimum atomic E-state index is -1.62. The Morgan fingerprint density at radius 3 is 2.47 bits per heavy atom. The molecule has 80 valence electrons. The minimum Gasteiger partial charge on any atom is -0.480 e. The number of carboxylic acids is 1. The van der Waals surface area contributed by atoms with Gasteiger partial charge in [0.05, 0.1) is 0 Å². The fourth-order valence-electron chi connectivity index (χ4n) is 0.919. The van der Waals surface area contributed by atoms with E-state index in [0.717, 1.165) is 5.56 Å². The fourth-order valence-corrected chi connectivity index (χ4v) is 0.919. The maximum absolute atomic E-state index is 11.0. The molecule has 3 N–H and O–H groups in total. The lowest BCUT2D eigenvalue weighted by Crippen LogP contribution is -2.39. The molecule has 0 heterocycles. The van der Waals surface area contributed by atoms with Crippen molar-refractivity contribution >= 4 is 11.9 Å². The Balaban J connectivity index is 2.44. The fraction of sp³-hybridized carbons (Fsp3) is 0.200. The van der Waals surface area contributed by atoms with Crippen molar-refractivity contribution in [2.24, 2.45) is 5.73 Å². The monoisotopic (exact) mass is 209 g/mol. The van der Waals surface area contributed by atoms with Crippen molar-refractivity contribution < 1.29 is 19.4 Å². The van der Waals surface area contributed by atoms with Gasteiger partial charge in [-0.2, -0.15) is 0 Å². The number of esters is 1. The third kappa shape index (κ3) is 3.40. The van der Waals surface area contributed by atoms with E-state index in [1.807, 2.05) is 6.07 Å². The third-order valence-electron chi connectivity index (χ3n) is 1.74. The van der Waals surface area contributed by atoms with E-state index in [4.69, 9.17) is 15.6 Å². The Labute approximate surface area is 86.5 Å². The highest BCUT2D eigenvalue weighted by molar-refractivity contribution is 5.97. The molecule has 1 atom stereocenters. The van der Waals surface area contributed by atoms with Crippen LogP contribution in [-0.2, 0) is 20.9 Å². The summed E-state index contributed by atoms with van der Waals surface area (Å²) in [7, 11) is 0. The highest BCUT2D eigenvalue weighted by Crippen LogP contribution is 2.01. The summed E-state index contributed by atoms with van der Waals surface area (Å²) in [4.78, 5) is 21.4. The smallest absolute Gasteiger partial charge is 0.334 e. The number of carboxylic acid groups (broad SMARTS) is 1. The molecule has 0 aliphatic heterocycles. The first kappa shape index (κ1) is 11.2. The summed E-state index contributed by atoms with van der Waals surface area (Å²) in [5.74, 6) is -2.33. The first-order chi connectivity index (χ1) is 7.11. The van der Waals surface area contributed by atoms with Crippen molar-refractivity contribution in [1.29, 1.82) is 0 Å². The van der Waals surface area contributed by atoms with Gasteiger partial charge in [-0.15, -0.1) is 0 Å². The number of carbonyl (C=O) groups is 2. The Morgan fingerprint density at radius 2 is 1.93 bits per heavy atom. The van der Waals surface area contributed by atoms with Gasteiger partial charge >= 0.3 is 11.9 Å².